The molecule has 7 nitrogen and oxygen atoms in total. The minimum Gasteiger partial charge on any atom is -0.461 e. The van der Waals surface area contributed by atoms with Crippen molar-refractivity contribution in [1.82, 2.24) is 14.1 Å². The van der Waals surface area contributed by atoms with Gasteiger partial charge in [0.05, 0.1) is 18.4 Å². The number of sulfonamides is 1. The van der Waals surface area contributed by atoms with Gasteiger partial charge in [-0.1, -0.05) is 20.3 Å². The molecule has 8 heteroatoms. The smallest absolute Gasteiger partial charge is 0.358 e. The van der Waals surface area contributed by atoms with Crippen LogP contribution in [0.1, 0.15) is 68.7 Å². The van der Waals surface area contributed by atoms with Gasteiger partial charge in [-0.25, -0.2) is 17.5 Å². The Balaban J connectivity index is 2.12. The molecule has 0 saturated carbocycles. The second-order valence-electron chi connectivity index (χ2n) is 6.38. The van der Waals surface area contributed by atoms with E-state index in [2.05, 4.69) is 12.0 Å². The summed E-state index contributed by atoms with van der Waals surface area (Å²) in [6.07, 6.45) is 3.84. The van der Waals surface area contributed by atoms with Crippen LogP contribution in [0.15, 0.2) is 6.07 Å². The fourth-order valence-corrected chi connectivity index (χ4v) is 4.79. The van der Waals surface area contributed by atoms with Crippen LogP contribution in [0.25, 0.3) is 0 Å². The van der Waals surface area contributed by atoms with Crippen molar-refractivity contribution < 1.29 is 17.9 Å². The Kier molecular flexibility index (Phi) is 7.01. The van der Waals surface area contributed by atoms with Gasteiger partial charge in [0.15, 0.2) is 5.69 Å². The van der Waals surface area contributed by atoms with Gasteiger partial charge in [-0.15, -0.1) is 0 Å². The highest BCUT2D eigenvalue weighted by Crippen LogP contribution is 2.26. The summed E-state index contributed by atoms with van der Waals surface area (Å²) >= 11 is 0. The Labute approximate surface area is 150 Å². The van der Waals surface area contributed by atoms with E-state index in [-0.39, 0.29) is 11.8 Å². The van der Waals surface area contributed by atoms with E-state index in [1.165, 1.54) is 0 Å². The van der Waals surface area contributed by atoms with Gasteiger partial charge in [0.2, 0.25) is 10.0 Å². The maximum atomic E-state index is 12.2. The predicted octanol–water partition coefficient (Wildman–Crippen LogP) is 2.39. The van der Waals surface area contributed by atoms with Crippen molar-refractivity contribution in [2.75, 3.05) is 25.4 Å². The fourth-order valence-electron chi connectivity index (χ4n) is 3.25. The van der Waals surface area contributed by atoms with Gasteiger partial charge in [0.1, 0.15) is 0 Å². The molecule has 0 bridgehead atoms. The lowest BCUT2D eigenvalue weighted by atomic mass is 10.1. The number of carbonyl (C=O) groups is 1. The number of ether oxygens (including phenoxy) is 1. The van der Waals surface area contributed by atoms with Gasteiger partial charge in [0, 0.05) is 18.8 Å². The van der Waals surface area contributed by atoms with Crippen LogP contribution in [0.2, 0.25) is 0 Å². The lowest BCUT2D eigenvalue weighted by Gasteiger charge is -2.32. The topological polar surface area (TPSA) is 81.5 Å². The SMILES string of the molecule is CCCc1cc(C(=O)OCC)nn1C1CCN(S(=O)(=O)CCC)CC1. The van der Waals surface area contributed by atoms with Crippen LogP contribution in [-0.2, 0) is 21.2 Å². The number of hydrogen-bond donors (Lipinski definition) is 0. The molecule has 25 heavy (non-hydrogen) atoms. The predicted molar refractivity (Wildman–Crippen MR) is 96.1 cm³/mol. The van der Waals surface area contributed by atoms with Gasteiger partial charge < -0.3 is 4.74 Å². The number of aryl methyl sites for hydroxylation is 1. The Bertz CT molecular complexity index is 676. The molecule has 1 aromatic rings. The monoisotopic (exact) mass is 371 g/mol. The summed E-state index contributed by atoms with van der Waals surface area (Å²) in [5.41, 5.74) is 1.35. The quantitative estimate of drug-likeness (QED) is 0.655. The molecule has 1 aliphatic heterocycles. The minimum absolute atomic E-state index is 0.123. The molecule has 0 unspecified atom stereocenters. The molecule has 0 N–H and O–H groups in total. The summed E-state index contributed by atoms with van der Waals surface area (Å²) in [6, 6.07) is 1.93. The number of nitrogens with zero attached hydrogens (tertiary/aromatic N) is 3. The highest BCUT2D eigenvalue weighted by atomic mass is 32.2. The normalized spacial score (nSPS) is 16.9. The molecule has 0 atom stereocenters. The van der Waals surface area contributed by atoms with Gasteiger partial charge >= 0.3 is 5.97 Å². The van der Waals surface area contributed by atoms with Crippen LogP contribution in [0.5, 0.6) is 0 Å². The molecule has 1 aliphatic rings. The highest BCUT2D eigenvalue weighted by molar-refractivity contribution is 7.89. The second kappa shape index (κ2) is 8.80. The first-order valence-electron chi connectivity index (χ1n) is 9.16. The molecule has 2 heterocycles. The first-order chi connectivity index (χ1) is 11.9. The molecule has 2 rings (SSSR count). The second-order valence-corrected chi connectivity index (χ2v) is 8.47. The summed E-state index contributed by atoms with van der Waals surface area (Å²) in [4.78, 5) is 12.0. The average molecular weight is 372 g/mol. The standard InChI is InChI=1S/C17H29N3O4S/c1-4-7-15-13-16(17(21)24-6-3)18-20(15)14-8-10-19(11-9-14)25(22,23)12-5-2/h13-14H,4-12H2,1-3H3. The Morgan fingerprint density at radius 3 is 2.48 bits per heavy atom. The van der Waals surface area contributed by atoms with Crippen LogP contribution in [0.3, 0.4) is 0 Å². The number of esters is 1. The van der Waals surface area contributed by atoms with Crippen molar-refractivity contribution in [3.8, 4) is 0 Å². The largest absolute Gasteiger partial charge is 0.461 e. The molecule has 0 amide bonds. The summed E-state index contributed by atoms with van der Waals surface area (Å²) < 4.78 is 33.0. The summed E-state index contributed by atoms with van der Waals surface area (Å²) in [5, 5.41) is 4.47. The van der Waals surface area contributed by atoms with E-state index in [1.54, 1.807) is 11.2 Å². The summed E-state index contributed by atoms with van der Waals surface area (Å²) in [7, 11) is -3.15. The Morgan fingerprint density at radius 1 is 1.24 bits per heavy atom. The molecular weight excluding hydrogens is 342 g/mol. The van der Waals surface area contributed by atoms with Crippen molar-refractivity contribution >= 4 is 16.0 Å². The molecule has 0 spiro atoms. The van der Waals surface area contributed by atoms with E-state index in [4.69, 9.17) is 4.74 Å². The molecule has 1 aromatic heterocycles. The molecule has 0 aliphatic carbocycles. The van der Waals surface area contributed by atoms with Crippen LogP contribution in [0.4, 0.5) is 0 Å². The third kappa shape index (κ3) is 4.82. The maximum Gasteiger partial charge on any atom is 0.358 e. The van der Waals surface area contributed by atoms with Crippen molar-refractivity contribution in [3.05, 3.63) is 17.5 Å². The van der Waals surface area contributed by atoms with E-state index in [0.29, 0.717) is 44.7 Å². The molecule has 1 saturated heterocycles. The van der Waals surface area contributed by atoms with Crippen LogP contribution >= 0.6 is 0 Å². The molecule has 142 valence electrons. The fraction of sp³-hybridized carbons (Fsp3) is 0.765. The maximum absolute atomic E-state index is 12.2. The van der Waals surface area contributed by atoms with Gasteiger partial charge in [-0.2, -0.15) is 5.10 Å². The highest BCUT2D eigenvalue weighted by Gasteiger charge is 2.30. The van der Waals surface area contributed by atoms with Crippen LogP contribution < -0.4 is 0 Å². The number of aromatic nitrogens is 2. The third-order valence-electron chi connectivity index (χ3n) is 4.43. The van der Waals surface area contributed by atoms with Crippen molar-refractivity contribution in [2.45, 2.75) is 58.9 Å². The zero-order valence-electron chi connectivity index (χ0n) is 15.4. The number of rotatable bonds is 8. The average Bonchev–Trinajstić information content (AvgIpc) is 3.00. The number of piperidine rings is 1. The summed E-state index contributed by atoms with van der Waals surface area (Å²) in [5.74, 6) is -0.199. The molecular formula is C17H29N3O4S. The molecule has 0 aromatic carbocycles. The molecule has 1 fully saturated rings. The van der Waals surface area contributed by atoms with Crippen LogP contribution in [-0.4, -0.2) is 53.9 Å². The Morgan fingerprint density at radius 2 is 1.92 bits per heavy atom. The minimum atomic E-state index is -3.15. The van der Waals surface area contributed by atoms with Gasteiger partial charge in [-0.05, 0) is 38.7 Å². The van der Waals surface area contributed by atoms with E-state index in [1.807, 2.05) is 17.7 Å². The van der Waals surface area contributed by atoms with Gasteiger partial charge in [0.25, 0.3) is 0 Å². The van der Waals surface area contributed by atoms with Crippen molar-refractivity contribution in [3.63, 3.8) is 0 Å². The van der Waals surface area contributed by atoms with Crippen molar-refractivity contribution in [1.29, 1.82) is 0 Å². The number of hydrogen-bond acceptors (Lipinski definition) is 5. The Hall–Kier alpha value is -1.41. The first-order valence-corrected chi connectivity index (χ1v) is 10.8. The van der Waals surface area contributed by atoms with E-state index in [0.717, 1.165) is 18.5 Å². The lowest BCUT2D eigenvalue weighted by molar-refractivity contribution is 0.0517. The lowest BCUT2D eigenvalue weighted by Crippen LogP contribution is -2.40. The van der Waals surface area contributed by atoms with Gasteiger partial charge in [-0.3, -0.25) is 4.68 Å². The third-order valence-corrected chi connectivity index (χ3v) is 6.50. The zero-order chi connectivity index (χ0) is 18.4. The first kappa shape index (κ1) is 19.9. The summed E-state index contributed by atoms with van der Waals surface area (Å²) in [6.45, 7) is 7.07. The van der Waals surface area contributed by atoms with E-state index >= 15 is 0 Å². The van der Waals surface area contributed by atoms with Crippen molar-refractivity contribution in [2.24, 2.45) is 0 Å². The van der Waals surface area contributed by atoms with Crippen LogP contribution in [0, 0.1) is 0 Å². The molecule has 0 radical (unpaired) electrons. The van der Waals surface area contributed by atoms with E-state index < -0.39 is 16.0 Å². The zero-order valence-corrected chi connectivity index (χ0v) is 16.2. The van der Waals surface area contributed by atoms with E-state index in [9.17, 15) is 13.2 Å². The number of carbonyl (C=O) groups excluding carboxylic acids is 1.